The molecule has 0 saturated heterocycles. The first kappa shape index (κ1) is 18.1. The molecule has 2 unspecified atom stereocenters. The monoisotopic (exact) mass is 333 g/mol. The van der Waals surface area contributed by atoms with Crippen LogP contribution in [0.3, 0.4) is 0 Å². The van der Waals surface area contributed by atoms with E-state index in [9.17, 15) is 18.7 Å². The molecule has 128 valence electrons. The average Bonchev–Trinajstić information content (AvgIpc) is 2.58. The molecule has 0 fully saturated rings. The van der Waals surface area contributed by atoms with Crippen LogP contribution in [0, 0.1) is 17.6 Å². The van der Waals surface area contributed by atoms with Crippen molar-refractivity contribution in [3.05, 3.63) is 71.3 Å². The minimum atomic E-state index is -1.10. The highest BCUT2D eigenvalue weighted by Crippen LogP contribution is 2.16. The van der Waals surface area contributed by atoms with Gasteiger partial charge in [-0.15, -0.1) is 0 Å². The summed E-state index contributed by atoms with van der Waals surface area (Å²) in [4.78, 5) is 12.1. The maximum absolute atomic E-state index is 13.6. The van der Waals surface area contributed by atoms with Crippen molar-refractivity contribution < 1.29 is 18.7 Å². The van der Waals surface area contributed by atoms with Gasteiger partial charge in [-0.3, -0.25) is 4.79 Å². The van der Waals surface area contributed by atoms with Crippen LogP contribution in [0.25, 0.3) is 0 Å². The number of aliphatic hydroxyl groups excluding tert-OH is 1. The molecule has 0 aliphatic heterocycles. The quantitative estimate of drug-likeness (QED) is 0.816. The van der Waals surface area contributed by atoms with Crippen molar-refractivity contribution >= 4 is 5.91 Å². The predicted molar refractivity (Wildman–Crippen MR) is 88.3 cm³/mol. The number of carbonyl (C=O) groups is 1. The molecular weight excluding hydrogens is 312 g/mol. The highest BCUT2D eigenvalue weighted by molar-refractivity contribution is 5.78. The van der Waals surface area contributed by atoms with Gasteiger partial charge in [-0.1, -0.05) is 43.3 Å². The van der Waals surface area contributed by atoms with Crippen LogP contribution in [0.5, 0.6) is 0 Å². The Kier molecular flexibility index (Phi) is 6.44. The third-order valence-corrected chi connectivity index (χ3v) is 3.99. The standard InChI is InChI=1S/C19H21F2NO2/c1-13(10-11-14-6-2-4-8-16(14)20)19(24)22-12-18(23)15-7-3-5-9-17(15)21/h2-9,13,18,23H,10-12H2,1H3,(H,22,24). The van der Waals surface area contributed by atoms with Gasteiger partial charge in [-0.25, -0.2) is 8.78 Å². The van der Waals surface area contributed by atoms with Gasteiger partial charge >= 0.3 is 0 Å². The van der Waals surface area contributed by atoms with E-state index in [0.717, 1.165) is 0 Å². The zero-order chi connectivity index (χ0) is 17.5. The molecule has 2 N–H and O–H groups in total. The summed E-state index contributed by atoms with van der Waals surface area (Å²) in [6.45, 7) is 1.68. The number of rotatable bonds is 7. The largest absolute Gasteiger partial charge is 0.386 e. The molecule has 24 heavy (non-hydrogen) atoms. The van der Waals surface area contributed by atoms with Crippen molar-refractivity contribution in [3.63, 3.8) is 0 Å². The second kappa shape index (κ2) is 8.55. The van der Waals surface area contributed by atoms with Crippen LogP contribution < -0.4 is 5.32 Å². The molecule has 0 radical (unpaired) electrons. The fraction of sp³-hybridized carbons (Fsp3) is 0.316. The minimum absolute atomic E-state index is 0.0657. The van der Waals surface area contributed by atoms with E-state index in [2.05, 4.69) is 5.32 Å². The Hall–Kier alpha value is -2.27. The Labute approximate surface area is 140 Å². The van der Waals surface area contributed by atoms with Crippen molar-refractivity contribution in [2.24, 2.45) is 5.92 Å². The smallest absolute Gasteiger partial charge is 0.222 e. The highest BCUT2D eigenvalue weighted by atomic mass is 19.1. The number of aryl methyl sites for hydroxylation is 1. The lowest BCUT2D eigenvalue weighted by Gasteiger charge is -2.16. The van der Waals surface area contributed by atoms with Gasteiger partial charge in [0.1, 0.15) is 11.6 Å². The van der Waals surface area contributed by atoms with Crippen molar-refractivity contribution in [1.82, 2.24) is 5.32 Å². The Morgan fingerprint density at radius 1 is 1.08 bits per heavy atom. The number of amides is 1. The van der Waals surface area contributed by atoms with Crippen molar-refractivity contribution in [3.8, 4) is 0 Å². The third-order valence-electron chi connectivity index (χ3n) is 3.99. The molecular formula is C19H21F2NO2. The van der Waals surface area contributed by atoms with Gasteiger partial charge in [0.25, 0.3) is 0 Å². The maximum atomic E-state index is 13.6. The molecule has 2 atom stereocenters. The van der Waals surface area contributed by atoms with Crippen LogP contribution in [-0.4, -0.2) is 17.6 Å². The normalized spacial score (nSPS) is 13.3. The fourth-order valence-electron chi connectivity index (χ4n) is 2.43. The molecule has 3 nitrogen and oxygen atoms in total. The number of nitrogens with one attached hydrogen (secondary N) is 1. The Bertz CT molecular complexity index is 691. The van der Waals surface area contributed by atoms with Gasteiger partial charge in [0.2, 0.25) is 5.91 Å². The summed E-state index contributed by atoms with van der Waals surface area (Å²) in [7, 11) is 0. The summed E-state index contributed by atoms with van der Waals surface area (Å²) < 4.78 is 27.1. The van der Waals surface area contributed by atoms with Crippen molar-refractivity contribution in [2.75, 3.05) is 6.54 Å². The maximum Gasteiger partial charge on any atom is 0.222 e. The molecule has 0 saturated carbocycles. The molecule has 0 heterocycles. The van der Waals surface area contributed by atoms with E-state index < -0.39 is 11.9 Å². The molecule has 0 bridgehead atoms. The Morgan fingerprint density at radius 3 is 2.38 bits per heavy atom. The molecule has 0 aromatic heterocycles. The van der Waals surface area contributed by atoms with Crippen molar-refractivity contribution in [1.29, 1.82) is 0 Å². The van der Waals surface area contributed by atoms with E-state index in [1.807, 2.05) is 0 Å². The van der Waals surface area contributed by atoms with Gasteiger partial charge in [0.15, 0.2) is 0 Å². The van der Waals surface area contributed by atoms with Crippen LogP contribution in [0.15, 0.2) is 48.5 Å². The lowest BCUT2D eigenvalue weighted by atomic mass is 10.00. The van der Waals surface area contributed by atoms with Crippen LogP contribution >= 0.6 is 0 Å². The first-order valence-corrected chi connectivity index (χ1v) is 7.92. The molecule has 5 heteroatoms. The summed E-state index contributed by atoms with van der Waals surface area (Å²) in [5.74, 6) is -1.37. The van der Waals surface area contributed by atoms with E-state index in [-0.39, 0.29) is 29.8 Å². The summed E-state index contributed by atoms with van der Waals surface area (Å²) in [5.41, 5.74) is 0.723. The third kappa shape index (κ3) is 4.86. The van der Waals surface area contributed by atoms with Gasteiger partial charge < -0.3 is 10.4 Å². The lowest BCUT2D eigenvalue weighted by Crippen LogP contribution is -2.33. The fourth-order valence-corrected chi connectivity index (χ4v) is 2.43. The molecule has 0 aliphatic rings. The SMILES string of the molecule is CC(CCc1ccccc1F)C(=O)NCC(O)c1ccccc1F. The van der Waals surface area contributed by atoms with E-state index in [0.29, 0.717) is 18.4 Å². The summed E-state index contributed by atoms with van der Waals surface area (Å²) in [6, 6.07) is 12.4. The average molecular weight is 333 g/mol. The zero-order valence-electron chi connectivity index (χ0n) is 13.5. The second-order valence-corrected chi connectivity index (χ2v) is 5.81. The minimum Gasteiger partial charge on any atom is -0.386 e. The number of halogens is 2. The van der Waals surface area contributed by atoms with E-state index in [4.69, 9.17) is 0 Å². The Morgan fingerprint density at radius 2 is 1.71 bits per heavy atom. The molecule has 2 aromatic rings. The van der Waals surface area contributed by atoms with Crippen LogP contribution in [0.2, 0.25) is 0 Å². The highest BCUT2D eigenvalue weighted by Gasteiger charge is 2.17. The first-order chi connectivity index (χ1) is 11.5. The molecule has 0 aliphatic carbocycles. The molecule has 2 rings (SSSR count). The topological polar surface area (TPSA) is 49.3 Å². The van der Waals surface area contributed by atoms with Crippen molar-refractivity contribution in [2.45, 2.75) is 25.9 Å². The molecule has 0 spiro atoms. The zero-order valence-corrected chi connectivity index (χ0v) is 13.5. The Balaban J connectivity index is 1.81. The predicted octanol–water partition coefficient (Wildman–Crippen LogP) is 3.38. The second-order valence-electron chi connectivity index (χ2n) is 5.81. The molecule has 1 amide bonds. The number of carbonyl (C=O) groups excluding carboxylic acids is 1. The van der Waals surface area contributed by atoms with Crippen LogP contribution in [0.4, 0.5) is 8.78 Å². The molecule has 2 aromatic carbocycles. The van der Waals surface area contributed by atoms with Gasteiger partial charge in [-0.05, 0) is 30.5 Å². The number of benzene rings is 2. The van der Waals surface area contributed by atoms with Gasteiger partial charge in [0.05, 0.1) is 6.10 Å². The number of hydrogen-bond donors (Lipinski definition) is 2. The lowest BCUT2D eigenvalue weighted by molar-refractivity contribution is -0.125. The number of aliphatic hydroxyl groups is 1. The first-order valence-electron chi connectivity index (χ1n) is 7.92. The van der Waals surface area contributed by atoms with E-state index >= 15 is 0 Å². The van der Waals surface area contributed by atoms with Crippen LogP contribution in [0.1, 0.15) is 30.6 Å². The summed E-state index contributed by atoms with van der Waals surface area (Å²) in [6.07, 6.45) is -0.159. The van der Waals surface area contributed by atoms with E-state index in [1.165, 1.54) is 24.3 Å². The van der Waals surface area contributed by atoms with Gasteiger partial charge in [0, 0.05) is 18.0 Å². The van der Waals surface area contributed by atoms with Crippen LogP contribution in [-0.2, 0) is 11.2 Å². The van der Waals surface area contributed by atoms with Gasteiger partial charge in [-0.2, -0.15) is 0 Å². The van der Waals surface area contributed by atoms with E-state index in [1.54, 1.807) is 31.2 Å². The summed E-state index contributed by atoms with van der Waals surface area (Å²) in [5, 5.41) is 12.6. The number of hydrogen-bond acceptors (Lipinski definition) is 2. The summed E-state index contributed by atoms with van der Waals surface area (Å²) >= 11 is 0.